The van der Waals surface area contributed by atoms with Crippen LogP contribution in [-0.4, -0.2) is 30.7 Å². The van der Waals surface area contributed by atoms with Crippen LogP contribution in [-0.2, 0) is 11.3 Å². The van der Waals surface area contributed by atoms with Gasteiger partial charge >= 0.3 is 5.76 Å². The number of carbonyl (C=O) groups excluding carboxylic acids is 1. The van der Waals surface area contributed by atoms with Gasteiger partial charge in [0.05, 0.1) is 18.7 Å². The summed E-state index contributed by atoms with van der Waals surface area (Å²) in [5.41, 5.74) is 2.52. The maximum atomic E-state index is 12.2. The van der Waals surface area contributed by atoms with Crippen LogP contribution in [0.4, 0.5) is 0 Å². The summed E-state index contributed by atoms with van der Waals surface area (Å²) in [4.78, 5) is 24.3. The summed E-state index contributed by atoms with van der Waals surface area (Å²) in [5, 5.41) is 2.76. The van der Waals surface area contributed by atoms with E-state index < -0.39 is 5.76 Å². The molecule has 1 amide bonds. The highest BCUT2D eigenvalue weighted by Crippen LogP contribution is 2.16. The van der Waals surface area contributed by atoms with Crippen LogP contribution in [0.25, 0.3) is 11.1 Å². The molecule has 124 valence electrons. The van der Waals surface area contributed by atoms with Crippen LogP contribution in [0.15, 0.2) is 57.7 Å². The third kappa shape index (κ3) is 3.38. The molecule has 0 unspecified atom stereocenters. The van der Waals surface area contributed by atoms with E-state index in [1.807, 2.05) is 30.3 Å². The Labute approximate surface area is 138 Å². The monoisotopic (exact) mass is 326 g/mol. The first-order chi connectivity index (χ1) is 11.7. The van der Waals surface area contributed by atoms with E-state index in [4.69, 9.17) is 9.15 Å². The minimum atomic E-state index is -0.439. The molecule has 0 saturated carbocycles. The summed E-state index contributed by atoms with van der Waals surface area (Å²) in [6.45, 7) is 1.26. The maximum absolute atomic E-state index is 12.2. The Morgan fingerprint density at radius 2 is 2.00 bits per heavy atom. The van der Waals surface area contributed by atoms with Crippen LogP contribution >= 0.6 is 0 Å². The number of rotatable bonds is 6. The molecule has 6 heteroatoms. The highest BCUT2D eigenvalue weighted by molar-refractivity contribution is 5.97. The van der Waals surface area contributed by atoms with Gasteiger partial charge < -0.3 is 14.5 Å². The molecule has 0 radical (unpaired) electrons. The van der Waals surface area contributed by atoms with Gasteiger partial charge in [0.2, 0.25) is 0 Å². The number of ether oxygens (including phenoxy) is 1. The van der Waals surface area contributed by atoms with Crippen LogP contribution in [0.1, 0.15) is 15.9 Å². The Bertz CT molecular complexity index is 896. The largest absolute Gasteiger partial charge is 0.420 e. The zero-order valence-electron chi connectivity index (χ0n) is 13.3. The van der Waals surface area contributed by atoms with Gasteiger partial charge in [0.1, 0.15) is 0 Å². The van der Waals surface area contributed by atoms with Crippen molar-refractivity contribution in [1.29, 1.82) is 0 Å². The average Bonchev–Trinajstić information content (AvgIpc) is 2.91. The first-order valence-electron chi connectivity index (χ1n) is 7.63. The number of oxazole rings is 1. The number of hydrogen-bond acceptors (Lipinski definition) is 4. The molecule has 0 aliphatic rings. The number of nitrogens with zero attached hydrogens (tertiary/aromatic N) is 1. The molecule has 0 fully saturated rings. The Balaban J connectivity index is 1.92. The minimum Gasteiger partial charge on any atom is -0.408 e. The van der Waals surface area contributed by atoms with E-state index in [1.54, 1.807) is 25.3 Å². The molecule has 24 heavy (non-hydrogen) atoms. The van der Waals surface area contributed by atoms with Crippen molar-refractivity contribution in [2.45, 2.75) is 6.54 Å². The first-order valence-corrected chi connectivity index (χ1v) is 7.63. The minimum absolute atomic E-state index is 0.214. The van der Waals surface area contributed by atoms with Gasteiger partial charge in [-0.1, -0.05) is 30.3 Å². The molecule has 0 bridgehead atoms. The van der Waals surface area contributed by atoms with Crippen molar-refractivity contribution >= 4 is 17.0 Å². The molecule has 1 N–H and O–H groups in total. The number of hydrogen-bond donors (Lipinski definition) is 1. The zero-order chi connectivity index (χ0) is 16.9. The Morgan fingerprint density at radius 3 is 2.75 bits per heavy atom. The number of aromatic nitrogens is 1. The lowest BCUT2D eigenvalue weighted by Gasteiger charge is -2.06. The quantitative estimate of drug-likeness (QED) is 0.703. The molecule has 3 rings (SSSR count). The van der Waals surface area contributed by atoms with Crippen molar-refractivity contribution in [1.82, 2.24) is 9.88 Å². The zero-order valence-corrected chi connectivity index (χ0v) is 13.3. The van der Waals surface area contributed by atoms with E-state index in [0.717, 1.165) is 5.56 Å². The third-order valence-corrected chi connectivity index (χ3v) is 3.70. The van der Waals surface area contributed by atoms with E-state index >= 15 is 0 Å². The van der Waals surface area contributed by atoms with Crippen LogP contribution in [0.5, 0.6) is 0 Å². The standard InChI is InChI=1S/C18H18N2O4/c1-23-10-9-19-17(21)14-7-8-16-15(11-14)20(18(22)24-16)12-13-5-3-2-4-6-13/h2-8,11H,9-10,12H2,1H3,(H,19,21). The summed E-state index contributed by atoms with van der Waals surface area (Å²) in [7, 11) is 1.58. The van der Waals surface area contributed by atoms with E-state index in [1.165, 1.54) is 4.57 Å². The van der Waals surface area contributed by atoms with Gasteiger partial charge in [-0.05, 0) is 23.8 Å². The van der Waals surface area contributed by atoms with E-state index in [-0.39, 0.29) is 5.91 Å². The van der Waals surface area contributed by atoms with E-state index in [0.29, 0.717) is 36.4 Å². The van der Waals surface area contributed by atoms with Crippen molar-refractivity contribution in [3.05, 3.63) is 70.2 Å². The van der Waals surface area contributed by atoms with Crippen molar-refractivity contribution in [3.63, 3.8) is 0 Å². The number of carbonyl (C=O) groups is 1. The predicted octanol–water partition coefficient (Wildman–Crippen LogP) is 2.02. The molecule has 1 aromatic heterocycles. The fourth-order valence-electron chi connectivity index (χ4n) is 2.49. The molecule has 0 saturated heterocycles. The van der Waals surface area contributed by atoms with Crippen molar-refractivity contribution in [3.8, 4) is 0 Å². The molecule has 1 heterocycles. The highest BCUT2D eigenvalue weighted by Gasteiger charge is 2.13. The van der Waals surface area contributed by atoms with Gasteiger partial charge in [0.25, 0.3) is 5.91 Å². The third-order valence-electron chi connectivity index (χ3n) is 3.70. The van der Waals surface area contributed by atoms with Crippen molar-refractivity contribution in [2.75, 3.05) is 20.3 Å². The van der Waals surface area contributed by atoms with E-state index in [2.05, 4.69) is 5.32 Å². The number of amides is 1. The SMILES string of the molecule is COCCNC(=O)c1ccc2oc(=O)n(Cc3ccccc3)c2c1. The van der Waals surface area contributed by atoms with Crippen LogP contribution < -0.4 is 11.1 Å². The Kier molecular flexibility index (Phi) is 4.77. The molecule has 0 atom stereocenters. The van der Waals surface area contributed by atoms with Gasteiger partial charge in [0.15, 0.2) is 5.58 Å². The molecular formula is C18H18N2O4. The second-order valence-corrected chi connectivity index (χ2v) is 5.37. The van der Waals surface area contributed by atoms with Gasteiger partial charge in [-0.25, -0.2) is 4.79 Å². The number of nitrogens with one attached hydrogen (secondary N) is 1. The summed E-state index contributed by atoms with van der Waals surface area (Å²) < 4.78 is 11.7. The fourth-order valence-corrected chi connectivity index (χ4v) is 2.49. The summed E-state index contributed by atoms with van der Waals surface area (Å²) in [6, 6.07) is 14.6. The first kappa shape index (κ1) is 16.0. The fraction of sp³-hybridized carbons (Fsp3) is 0.222. The van der Waals surface area contributed by atoms with Gasteiger partial charge in [0, 0.05) is 19.2 Å². The van der Waals surface area contributed by atoms with Gasteiger partial charge in [-0.2, -0.15) is 0 Å². The van der Waals surface area contributed by atoms with Crippen LogP contribution in [0, 0.1) is 0 Å². The molecule has 3 aromatic rings. The lowest BCUT2D eigenvalue weighted by molar-refractivity contribution is 0.0937. The molecule has 0 aliphatic carbocycles. The summed E-state index contributed by atoms with van der Waals surface area (Å²) in [6.07, 6.45) is 0. The number of fused-ring (bicyclic) bond motifs is 1. The molecule has 6 nitrogen and oxygen atoms in total. The molecule has 0 aliphatic heterocycles. The smallest absolute Gasteiger partial charge is 0.408 e. The van der Waals surface area contributed by atoms with Crippen LogP contribution in [0.3, 0.4) is 0 Å². The summed E-state index contributed by atoms with van der Waals surface area (Å²) in [5.74, 6) is -0.653. The number of methoxy groups -OCH3 is 1. The predicted molar refractivity (Wildman–Crippen MR) is 90.2 cm³/mol. The molecule has 0 spiro atoms. The van der Waals surface area contributed by atoms with Gasteiger partial charge in [-0.15, -0.1) is 0 Å². The maximum Gasteiger partial charge on any atom is 0.420 e. The molecular weight excluding hydrogens is 308 g/mol. The van der Waals surface area contributed by atoms with Crippen LogP contribution in [0.2, 0.25) is 0 Å². The van der Waals surface area contributed by atoms with Crippen molar-refractivity contribution < 1.29 is 13.9 Å². The second-order valence-electron chi connectivity index (χ2n) is 5.37. The Morgan fingerprint density at radius 1 is 1.21 bits per heavy atom. The lowest BCUT2D eigenvalue weighted by Crippen LogP contribution is -2.26. The average molecular weight is 326 g/mol. The second kappa shape index (κ2) is 7.14. The lowest BCUT2D eigenvalue weighted by atomic mass is 10.2. The normalized spacial score (nSPS) is 10.9. The topological polar surface area (TPSA) is 73.5 Å². The molecule has 2 aromatic carbocycles. The highest BCUT2D eigenvalue weighted by atomic mass is 16.5. The summed E-state index contributed by atoms with van der Waals surface area (Å²) >= 11 is 0. The Hall–Kier alpha value is -2.86. The van der Waals surface area contributed by atoms with Crippen molar-refractivity contribution in [2.24, 2.45) is 0 Å². The van der Waals surface area contributed by atoms with Gasteiger partial charge in [-0.3, -0.25) is 9.36 Å². The number of benzene rings is 2. The van der Waals surface area contributed by atoms with E-state index in [9.17, 15) is 9.59 Å².